The molecule has 2 amide bonds. The minimum Gasteiger partial charge on any atom is -0.383 e. The number of carbonyl (C=O) groups is 2. The van der Waals surface area contributed by atoms with Gasteiger partial charge in [0.1, 0.15) is 0 Å². The van der Waals surface area contributed by atoms with E-state index in [2.05, 4.69) is 17.3 Å². The van der Waals surface area contributed by atoms with Crippen LogP contribution in [0.15, 0.2) is 0 Å². The molecule has 0 spiro atoms. The van der Waals surface area contributed by atoms with Crippen molar-refractivity contribution in [2.24, 2.45) is 11.8 Å². The summed E-state index contributed by atoms with van der Waals surface area (Å²) in [5.41, 5.74) is 0. The number of ether oxygens (including phenoxy) is 1. The molecule has 2 atom stereocenters. The maximum atomic E-state index is 12.2. The van der Waals surface area contributed by atoms with Crippen LogP contribution >= 0.6 is 0 Å². The molecular weight excluding hydrogens is 246 g/mol. The Bertz CT molecular complexity index is 340. The van der Waals surface area contributed by atoms with Gasteiger partial charge in [0.15, 0.2) is 0 Å². The van der Waals surface area contributed by atoms with E-state index in [4.69, 9.17) is 4.74 Å². The molecule has 1 aliphatic carbocycles. The molecule has 2 rings (SSSR count). The monoisotopic (exact) mass is 269 g/mol. The molecule has 1 saturated carbocycles. The largest absolute Gasteiger partial charge is 0.383 e. The lowest BCUT2D eigenvalue weighted by Gasteiger charge is -2.32. The minimum atomic E-state index is -0.121. The molecule has 0 aromatic carbocycles. The van der Waals surface area contributed by atoms with Crippen LogP contribution in [-0.2, 0) is 14.3 Å². The van der Waals surface area contributed by atoms with E-state index in [0.29, 0.717) is 19.6 Å². The predicted molar refractivity (Wildman–Crippen MR) is 70.6 cm³/mol. The van der Waals surface area contributed by atoms with Crippen molar-refractivity contribution < 1.29 is 14.3 Å². The highest BCUT2D eigenvalue weighted by Crippen LogP contribution is 2.40. The summed E-state index contributed by atoms with van der Waals surface area (Å²) < 4.78 is 4.88. The van der Waals surface area contributed by atoms with Crippen molar-refractivity contribution in [2.45, 2.75) is 6.42 Å². The van der Waals surface area contributed by atoms with Gasteiger partial charge < -0.3 is 19.9 Å². The normalized spacial score (nSPS) is 27.2. The van der Waals surface area contributed by atoms with Gasteiger partial charge in [-0.25, -0.2) is 0 Å². The zero-order valence-electron chi connectivity index (χ0n) is 11.7. The van der Waals surface area contributed by atoms with E-state index in [1.807, 2.05) is 4.90 Å². The second-order valence-electron chi connectivity index (χ2n) is 5.36. The van der Waals surface area contributed by atoms with Crippen LogP contribution in [0.25, 0.3) is 0 Å². The van der Waals surface area contributed by atoms with E-state index in [1.165, 1.54) is 0 Å². The average Bonchev–Trinajstić information content (AvgIpc) is 3.19. The molecule has 0 aromatic rings. The summed E-state index contributed by atoms with van der Waals surface area (Å²) in [4.78, 5) is 28.1. The standard InChI is InChI=1S/C13H23N3O3/c1-15-4-6-16(7-5-15)13(18)11-9-10(11)12(17)14-3-8-19-2/h10-11H,3-9H2,1-2H3,(H,14,17). The third kappa shape index (κ3) is 3.67. The van der Waals surface area contributed by atoms with Gasteiger partial charge in [-0.2, -0.15) is 0 Å². The summed E-state index contributed by atoms with van der Waals surface area (Å²) in [6, 6.07) is 0. The number of rotatable bonds is 5. The van der Waals surface area contributed by atoms with E-state index in [0.717, 1.165) is 26.2 Å². The lowest BCUT2D eigenvalue weighted by atomic mass is 10.2. The Morgan fingerprint density at radius 2 is 1.89 bits per heavy atom. The van der Waals surface area contributed by atoms with Gasteiger partial charge in [-0.1, -0.05) is 0 Å². The number of hydrogen-bond donors (Lipinski definition) is 1. The zero-order valence-corrected chi connectivity index (χ0v) is 11.7. The maximum Gasteiger partial charge on any atom is 0.226 e. The highest BCUT2D eigenvalue weighted by atomic mass is 16.5. The molecule has 108 valence electrons. The Hall–Kier alpha value is -1.14. The molecule has 0 radical (unpaired) electrons. The molecule has 0 aromatic heterocycles. The van der Waals surface area contributed by atoms with Crippen molar-refractivity contribution in [1.82, 2.24) is 15.1 Å². The van der Waals surface area contributed by atoms with E-state index in [-0.39, 0.29) is 23.7 Å². The number of nitrogens with one attached hydrogen (secondary N) is 1. The fraction of sp³-hybridized carbons (Fsp3) is 0.846. The summed E-state index contributed by atoms with van der Waals surface area (Å²) in [6.07, 6.45) is 0.698. The summed E-state index contributed by atoms with van der Waals surface area (Å²) in [7, 11) is 3.66. The molecule has 19 heavy (non-hydrogen) atoms. The second kappa shape index (κ2) is 6.34. The van der Waals surface area contributed by atoms with Crippen molar-refractivity contribution in [3.63, 3.8) is 0 Å². The van der Waals surface area contributed by atoms with E-state index in [1.54, 1.807) is 7.11 Å². The second-order valence-corrected chi connectivity index (χ2v) is 5.36. The van der Waals surface area contributed by atoms with Gasteiger partial charge >= 0.3 is 0 Å². The molecule has 0 bridgehead atoms. The van der Waals surface area contributed by atoms with Crippen LogP contribution < -0.4 is 5.32 Å². The molecule has 1 N–H and O–H groups in total. The van der Waals surface area contributed by atoms with E-state index in [9.17, 15) is 9.59 Å². The Morgan fingerprint density at radius 1 is 1.21 bits per heavy atom. The minimum absolute atomic E-state index is 0.00970. The third-order valence-corrected chi connectivity index (χ3v) is 3.86. The predicted octanol–water partition coefficient (Wildman–Crippen LogP) is -0.841. The van der Waals surface area contributed by atoms with Crippen LogP contribution in [0.3, 0.4) is 0 Å². The fourth-order valence-corrected chi connectivity index (χ4v) is 2.43. The van der Waals surface area contributed by atoms with E-state index >= 15 is 0 Å². The molecule has 1 saturated heterocycles. The Balaban J connectivity index is 1.72. The smallest absolute Gasteiger partial charge is 0.226 e. The number of hydrogen-bond acceptors (Lipinski definition) is 4. The lowest BCUT2D eigenvalue weighted by Crippen LogP contribution is -2.48. The Labute approximate surface area is 114 Å². The first kappa shape index (κ1) is 14.3. The summed E-state index contributed by atoms with van der Waals surface area (Å²) in [6.45, 7) is 4.43. The first-order valence-electron chi connectivity index (χ1n) is 6.87. The molecule has 6 heteroatoms. The Morgan fingerprint density at radius 3 is 2.53 bits per heavy atom. The SMILES string of the molecule is COCCNC(=O)C1CC1C(=O)N1CCN(C)CC1. The first-order chi connectivity index (χ1) is 9.13. The van der Waals surface area contributed by atoms with E-state index < -0.39 is 0 Å². The molecule has 1 aliphatic heterocycles. The van der Waals surface area contributed by atoms with Crippen LogP contribution in [0.5, 0.6) is 0 Å². The summed E-state index contributed by atoms with van der Waals surface area (Å²) in [5.74, 6) is -0.0699. The molecule has 6 nitrogen and oxygen atoms in total. The highest BCUT2D eigenvalue weighted by Gasteiger charge is 2.49. The number of methoxy groups -OCH3 is 1. The summed E-state index contributed by atoms with van der Waals surface area (Å²) >= 11 is 0. The average molecular weight is 269 g/mol. The van der Waals surface area contributed by atoms with Gasteiger partial charge in [0.2, 0.25) is 11.8 Å². The number of piperazine rings is 1. The molecule has 2 unspecified atom stereocenters. The van der Waals surface area contributed by atoms with Crippen LogP contribution in [-0.4, -0.2) is 75.1 Å². The van der Waals surface area contributed by atoms with Crippen LogP contribution in [0.1, 0.15) is 6.42 Å². The molecule has 2 aliphatic rings. The van der Waals surface area contributed by atoms with Crippen molar-refractivity contribution in [1.29, 1.82) is 0 Å². The quantitative estimate of drug-likeness (QED) is 0.661. The van der Waals surface area contributed by atoms with Crippen LogP contribution in [0, 0.1) is 11.8 Å². The van der Waals surface area contributed by atoms with Crippen LogP contribution in [0.2, 0.25) is 0 Å². The lowest BCUT2D eigenvalue weighted by molar-refractivity contribution is -0.136. The molecule has 1 heterocycles. The maximum absolute atomic E-state index is 12.2. The molecule has 2 fully saturated rings. The zero-order chi connectivity index (χ0) is 13.8. The van der Waals surface area contributed by atoms with Gasteiger partial charge in [0.25, 0.3) is 0 Å². The first-order valence-corrected chi connectivity index (χ1v) is 6.87. The number of amides is 2. The topological polar surface area (TPSA) is 61.9 Å². The fourth-order valence-electron chi connectivity index (χ4n) is 2.43. The molecular formula is C13H23N3O3. The van der Waals surface area contributed by atoms with Crippen molar-refractivity contribution in [3.05, 3.63) is 0 Å². The van der Waals surface area contributed by atoms with Crippen molar-refractivity contribution >= 4 is 11.8 Å². The third-order valence-electron chi connectivity index (χ3n) is 3.86. The van der Waals surface area contributed by atoms with Gasteiger partial charge in [-0.05, 0) is 13.5 Å². The number of likely N-dealkylation sites (N-methyl/N-ethyl adjacent to an activating group) is 1. The number of nitrogens with zero attached hydrogens (tertiary/aromatic N) is 2. The van der Waals surface area contributed by atoms with Gasteiger partial charge in [0, 0.05) is 39.8 Å². The van der Waals surface area contributed by atoms with Crippen LogP contribution in [0.4, 0.5) is 0 Å². The van der Waals surface area contributed by atoms with Crippen molar-refractivity contribution in [3.8, 4) is 0 Å². The van der Waals surface area contributed by atoms with Gasteiger partial charge in [-0.15, -0.1) is 0 Å². The van der Waals surface area contributed by atoms with Crippen molar-refractivity contribution in [2.75, 3.05) is 53.5 Å². The van der Waals surface area contributed by atoms with Gasteiger partial charge in [0.05, 0.1) is 18.4 Å². The van der Waals surface area contributed by atoms with Gasteiger partial charge in [-0.3, -0.25) is 9.59 Å². The number of carbonyl (C=O) groups excluding carboxylic acids is 2. The Kier molecular flexibility index (Phi) is 4.76. The summed E-state index contributed by atoms with van der Waals surface area (Å²) in [5, 5.41) is 2.80. The highest BCUT2D eigenvalue weighted by molar-refractivity contribution is 5.92.